The number of carbonyl (C=O) groups excluding carboxylic acids is 2. The van der Waals surface area contributed by atoms with E-state index >= 15 is 0 Å². The van der Waals surface area contributed by atoms with Gasteiger partial charge in [0.25, 0.3) is 0 Å². The van der Waals surface area contributed by atoms with E-state index in [1.54, 1.807) is 26.4 Å². The van der Waals surface area contributed by atoms with Crippen LogP contribution in [0.5, 0.6) is 11.5 Å². The highest BCUT2D eigenvalue weighted by Crippen LogP contribution is 2.39. The molecule has 2 aromatic rings. The van der Waals surface area contributed by atoms with E-state index in [0.29, 0.717) is 17.1 Å². The van der Waals surface area contributed by atoms with E-state index in [-0.39, 0.29) is 13.0 Å². The molecule has 33 heavy (non-hydrogen) atoms. The smallest absolute Gasteiger partial charge is 0.407 e. The summed E-state index contributed by atoms with van der Waals surface area (Å²) in [6.45, 7) is 2.28. The number of ether oxygens (including phenoxy) is 4. The molecule has 1 amide bonds. The zero-order valence-corrected chi connectivity index (χ0v) is 19.3. The van der Waals surface area contributed by atoms with Crippen LogP contribution in [0.2, 0.25) is 0 Å². The van der Waals surface area contributed by atoms with Crippen molar-refractivity contribution in [2.24, 2.45) is 5.16 Å². The Kier molecular flexibility index (Phi) is 10.0. The van der Waals surface area contributed by atoms with E-state index in [1.807, 2.05) is 31.2 Å². The van der Waals surface area contributed by atoms with Gasteiger partial charge in [-0.3, -0.25) is 0 Å². The number of hydrogen-bond acceptors (Lipinski definition) is 8. The summed E-state index contributed by atoms with van der Waals surface area (Å²) in [7, 11) is 4.35. The van der Waals surface area contributed by atoms with Gasteiger partial charge < -0.3 is 29.5 Å². The minimum atomic E-state index is -0.879. The molecule has 0 fully saturated rings. The van der Waals surface area contributed by atoms with Crippen LogP contribution in [0.3, 0.4) is 0 Å². The molecular formula is C24H30N2O7. The third-order valence-electron chi connectivity index (χ3n) is 4.93. The zero-order valence-electron chi connectivity index (χ0n) is 19.3. The maximum Gasteiger partial charge on any atom is 0.407 e. The first-order chi connectivity index (χ1) is 16.0. The van der Waals surface area contributed by atoms with E-state index in [2.05, 4.69) is 10.5 Å². The molecule has 9 nitrogen and oxygen atoms in total. The largest absolute Gasteiger partial charge is 0.496 e. The molecule has 0 bridgehead atoms. The van der Waals surface area contributed by atoms with Gasteiger partial charge in [-0.05, 0) is 29.7 Å². The molecule has 0 heterocycles. The fourth-order valence-corrected chi connectivity index (χ4v) is 3.23. The molecule has 0 aliphatic rings. The third kappa shape index (κ3) is 7.13. The van der Waals surface area contributed by atoms with E-state index in [4.69, 9.17) is 24.2 Å². The first-order valence-electron chi connectivity index (χ1n) is 10.5. The molecule has 9 heteroatoms. The van der Waals surface area contributed by atoms with Crippen LogP contribution >= 0.6 is 0 Å². The second-order valence-corrected chi connectivity index (χ2v) is 7.16. The van der Waals surface area contributed by atoms with Gasteiger partial charge in [-0.15, -0.1) is 0 Å². The van der Waals surface area contributed by atoms with Crippen LogP contribution in [0.4, 0.5) is 4.79 Å². The van der Waals surface area contributed by atoms with Crippen molar-refractivity contribution in [2.45, 2.75) is 32.2 Å². The minimum Gasteiger partial charge on any atom is -0.496 e. The molecule has 0 aliphatic heterocycles. The number of nitrogens with zero attached hydrogens (tertiary/aromatic N) is 1. The van der Waals surface area contributed by atoms with Gasteiger partial charge in [0, 0.05) is 12.0 Å². The minimum absolute atomic E-state index is 0.232. The highest BCUT2D eigenvalue weighted by atomic mass is 16.6. The summed E-state index contributed by atoms with van der Waals surface area (Å²) in [4.78, 5) is 24.2. The van der Waals surface area contributed by atoms with Crippen molar-refractivity contribution in [1.82, 2.24) is 5.32 Å². The molecule has 0 aromatic heterocycles. The molecule has 0 saturated carbocycles. The number of benzene rings is 2. The van der Waals surface area contributed by atoms with Gasteiger partial charge in [-0.2, -0.15) is 0 Å². The van der Waals surface area contributed by atoms with Crippen molar-refractivity contribution in [3.05, 3.63) is 47.5 Å². The van der Waals surface area contributed by atoms with Crippen molar-refractivity contribution < 1.29 is 33.7 Å². The molecule has 0 saturated heterocycles. The Labute approximate surface area is 193 Å². The highest BCUT2D eigenvalue weighted by molar-refractivity contribution is 5.86. The van der Waals surface area contributed by atoms with E-state index in [9.17, 15) is 9.59 Å². The fraction of sp³-hybridized carbons (Fsp3) is 0.375. The summed E-state index contributed by atoms with van der Waals surface area (Å²) in [5.41, 5.74) is 2.97. The van der Waals surface area contributed by atoms with Crippen molar-refractivity contribution >= 4 is 18.3 Å². The maximum atomic E-state index is 12.2. The molecule has 2 N–H and O–H groups in total. The van der Waals surface area contributed by atoms with Crippen LogP contribution in [-0.4, -0.2) is 57.5 Å². The van der Waals surface area contributed by atoms with E-state index in [0.717, 1.165) is 29.5 Å². The molecule has 2 rings (SSSR count). The average molecular weight is 459 g/mol. The lowest BCUT2D eigenvalue weighted by atomic mass is 9.98. The van der Waals surface area contributed by atoms with Gasteiger partial charge in [0.1, 0.15) is 17.5 Å². The van der Waals surface area contributed by atoms with Crippen molar-refractivity contribution in [1.29, 1.82) is 0 Å². The molecule has 2 aromatic carbocycles. The fourth-order valence-electron chi connectivity index (χ4n) is 3.23. The summed E-state index contributed by atoms with van der Waals surface area (Å²) >= 11 is 0. The monoisotopic (exact) mass is 458 g/mol. The first-order valence-corrected chi connectivity index (χ1v) is 10.5. The molecule has 0 spiro atoms. The number of methoxy groups -OCH3 is 3. The summed E-state index contributed by atoms with van der Waals surface area (Å²) in [6, 6.07) is 10.00. The second-order valence-electron chi connectivity index (χ2n) is 7.16. The number of hydrogen-bond donors (Lipinski definition) is 2. The average Bonchev–Trinajstić information content (AvgIpc) is 2.83. The standard InChI is InChI=1S/C24H30N2O7/c1-5-6-11-33-24(28)26-19(23(27)32-4)12-16-7-9-18(10-8-16)22-20(30-2)13-17(15-25-29)14-21(22)31-3/h7-10,13-15,19,29H,5-6,11-12H2,1-4H3,(H,26,28)/b25-15-. The lowest BCUT2D eigenvalue weighted by Gasteiger charge is -2.17. The number of rotatable bonds is 11. The lowest BCUT2D eigenvalue weighted by Crippen LogP contribution is -2.43. The molecule has 1 atom stereocenters. The quantitative estimate of drug-likeness (QED) is 0.173. The van der Waals surface area contributed by atoms with Crippen LogP contribution in [0.1, 0.15) is 30.9 Å². The Morgan fingerprint density at radius 1 is 1.09 bits per heavy atom. The number of alkyl carbamates (subject to hydrolysis) is 1. The number of esters is 1. The first kappa shape index (κ1) is 25.5. The summed E-state index contributed by atoms with van der Waals surface area (Å²) < 4.78 is 20.9. The van der Waals surface area contributed by atoms with E-state index < -0.39 is 18.1 Å². The zero-order chi connectivity index (χ0) is 24.2. The lowest BCUT2D eigenvalue weighted by molar-refractivity contribution is -0.143. The Morgan fingerprint density at radius 2 is 1.73 bits per heavy atom. The van der Waals surface area contributed by atoms with Crippen molar-refractivity contribution in [3.8, 4) is 22.6 Å². The van der Waals surface area contributed by atoms with Gasteiger partial charge in [0.2, 0.25) is 0 Å². The van der Waals surface area contributed by atoms with Gasteiger partial charge in [0.15, 0.2) is 0 Å². The molecule has 1 unspecified atom stereocenters. The normalized spacial score (nSPS) is 11.6. The third-order valence-corrected chi connectivity index (χ3v) is 4.93. The van der Waals surface area contributed by atoms with E-state index in [1.165, 1.54) is 13.3 Å². The number of oxime groups is 1. The van der Waals surface area contributed by atoms with Crippen LogP contribution < -0.4 is 14.8 Å². The van der Waals surface area contributed by atoms with Gasteiger partial charge in [-0.1, -0.05) is 42.8 Å². The summed E-state index contributed by atoms with van der Waals surface area (Å²) in [5, 5.41) is 14.4. The Balaban J connectivity index is 2.24. The molecule has 0 aliphatic carbocycles. The summed E-state index contributed by atoms with van der Waals surface area (Å²) in [5.74, 6) is 0.526. The summed E-state index contributed by atoms with van der Waals surface area (Å²) in [6.07, 6.45) is 2.50. The number of amides is 1. The highest BCUT2D eigenvalue weighted by Gasteiger charge is 2.23. The molecular weight excluding hydrogens is 428 g/mol. The number of unbranched alkanes of at least 4 members (excludes halogenated alkanes) is 1. The second kappa shape index (κ2) is 12.9. The number of nitrogens with one attached hydrogen (secondary N) is 1. The predicted octanol–water partition coefficient (Wildman–Crippen LogP) is 3.79. The van der Waals surface area contributed by atoms with Crippen LogP contribution in [0, 0.1) is 0 Å². The van der Waals surface area contributed by atoms with Crippen molar-refractivity contribution in [3.63, 3.8) is 0 Å². The topological polar surface area (TPSA) is 116 Å². The SMILES string of the molecule is CCCCOC(=O)NC(Cc1ccc(-c2c(OC)cc(/C=N\O)cc2OC)cc1)C(=O)OC. The van der Waals surface area contributed by atoms with Crippen molar-refractivity contribution in [2.75, 3.05) is 27.9 Å². The van der Waals surface area contributed by atoms with Gasteiger partial charge in [-0.25, -0.2) is 9.59 Å². The predicted molar refractivity (Wildman–Crippen MR) is 123 cm³/mol. The molecule has 178 valence electrons. The van der Waals surface area contributed by atoms with Crippen LogP contribution in [-0.2, 0) is 20.7 Å². The Bertz CT molecular complexity index is 933. The maximum absolute atomic E-state index is 12.2. The van der Waals surface area contributed by atoms with Crippen LogP contribution in [0.25, 0.3) is 11.1 Å². The van der Waals surface area contributed by atoms with Gasteiger partial charge in [0.05, 0.1) is 39.7 Å². The number of carbonyl (C=O) groups is 2. The Morgan fingerprint density at radius 3 is 2.24 bits per heavy atom. The molecule has 0 radical (unpaired) electrons. The van der Waals surface area contributed by atoms with Gasteiger partial charge >= 0.3 is 12.1 Å². The Hall–Kier alpha value is -3.75. The van der Waals surface area contributed by atoms with Crippen LogP contribution in [0.15, 0.2) is 41.6 Å².